The minimum Gasteiger partial charge on any atom is -0.489 e. The summed E-state index contributed by atoms with van der Waals surface area (Å²) in [5.74, 6) is 3.30. The molecule has 0 radical (unpaired) electrons. The number of hydrogen-bond donors (Lipinski definition) is 0. The third-order valence-corrected chi connectivity index (χ3v) is 7.54. The maximum absolute atomic E-state index is 13.2. The van der Waals surface area contributed by atoms with Crippen LogP contribution in [0.5, 0.6) is 5.75 Å². The molecule has 2 unspecified atom stereocenters. The Morgan fingerprint density at radius 2 is 1.61 bits per heavy atom. The standard InChI is InChI=1S/C23H24FNO2S/c24-18-5-1-15(2-6-18)17-11-19-7-8-20(12-17)25(19)23(26)16-3-9-21(10-4-16)27-22-13-28-14-22/h1-6,9-10,17,19-20,22H,7-8,11-14H2. The van der Waals surface area contributed by atoms with Crippen LogP contribution < -0.4 is 4.74 Å². The van der Waals surface area contributed by atoms with Crippen LogP contribution in [0, 0.1) is 5.82 Å². The second kappa shape index (κ2) is 7.43. The van der Waals surface area contributed by atoms with Gasteiger partial charge in [0.25, 0.3) is 5.91 Å². The van der Waals surface area contributed by atoms with E-state index >= 15 is 0 Å². The second-order valence-corrected chi connectivity index (χ2v) is 9.19. The Balaban J connectivity index is 1.27. The molecule has 2 bridgehead atoms. The van der Waals surface area contributed by atoms with Crippen molar-refractivity contribution in [3.8, 4) is 5.75 Å². The fourth-order valence-electron chi connectivity index (χ4n) is 4.82. The van der Waals surface area contributed by atoms with E-state index in [1.165, 1.54) is 5.56 Å². The molecule has 0 spiro atoms. The van der Waals surface area contributed by atoms with E-state index in [1.807, 2.05) is 48.2 Å². The van der Waals surface area contributed by atoms with Crippen LogP contribution in [0.15, 0.2) is 48.5 Å². The van der Waals surface area contributed by atoms with Crippen LogP contribution >= 0.6 is 11.8 Å². The average Bonchev–Trinajstić information content (AvgIpc) is 2.94. The Kier molecular flexibility index (Phi) is 4.79. The molecule has 3 aliphatic heterocycles. The number of halogens is 1. The van der Waals surface area contributed by atoms with Crippen molar-refractivity contribution in [3.63, 3.8) is 0 Å². The lowest BCUT2D eigenvalue weighted by atomic mass is 9.85. The molecule has 5 rings (SSSR count). The molecule has 2 aromatic carbocycles. The maximum Gasteiger partial charge on any atom is 0.254 e. The summed E-state index contributed by atoms with van der Waals surface area (Å²) in [4.78, 5) is 15.3. The third kappa shape index (κ3) is 3.41. The molecule has 0 N–H and O–H groups in total. The van der Waals surface area contributed by atoms with Crippen LogP contribution in [0.3, 0.4) is 0 Å². The highest BCUT2D eigenvalue weighted by Gasteiger charge is 2.43. The summed E-state index contributed by atoms with van der Waals surface area (Å²) in [5, 5.41) is 0. The van der Waals surface area contributed by atoms with E-state index < -0.39 is 0 Å². The van der Waals surface area contributed by atoms with Crippen LogP contribution in [0.4, 0.5) is 4.39 Å². The topological polar surface area (TPSA) is 29.5 Å². The number of nitrogens with zero attached hydrogens (tertiary/aromatic N) is 1. The number of carbonyl (C=O) groups excluding carboxylic acids is 1. The van der Waals surface area contributed by atoms with Crippen molar-refractivity contribution >= 4 is 17.7 Å². The number of piperidine rings is 1. The van der Waals surface area contributed by atoms with Gasteiger partial charge in [0.15, 0.2) is 0 Å². The monoisotopic (exact) mass is 397 g/mol. The van der Waals surface area contributed by atoms with Crippen molar-refractivity contribution in [1.82, 2.24) is 4.90 Å². The van der Waals surface area contributed by atoms with Gasteiger partial charge in [0.05, 0.1) is 0 Å². The van der Waals surface area contributed by atoms with Crippen molar-refractivity contribution in [2.24, 2.45) is 0 Å². The number of benzene rings is 2. The Bertz CT molecular complexity index is 836. The Morgan fingerprint density at radius 1 is 0.964 bits per heavy atom. The smallest absolute Gasteiger partial charge is 0.254 e. The van der Waals surface area contributed by atoms with Crippen LogP contribution in [0.2, 0.25) is 0 Å². The third-order valence-electron chi connectivity index (χ3n) is 6.32. The number of hydrogen-bond acceptors (Lipinski definition) is 3. The molecule has 3 aliphatic rings. The lowest BCUT2D eigenvalue weighted by molar-refractivity contribution is 0.0571. The normalized spacial score (nSPS) is 26.8. The van der Waals surface area contributed by atoms with Crippen molar-refractivity contribution < 1.29 is 13.9 Å². The molecule has 2 aromatic rings. The van der Waals surface area contributed by atoms with Crippen molar-refractivity contribution in [2.45, 2.75) is 49.8 Å². The van der Waals surface area contributed by atoms with E-state index in [0.717, 1.165) is 48.5 Å². The maximum atomic E-state index is 13.2. The molecule has 1 amide bonds. The predicted molar refractivity (Wildman–Crippen MR) is 110 cm³/mol. The first-order chi connectivity index (χ1) is 13.7. The zero-order chi connectivity index (χ0) is 19.1. The molecule has 0 aliphatic carbocycles. The number of fused-ring (bicyclic) bond motifs is 2. The molecule has 3 nitrogen and oxygen atoms in total. The zero-order valence-electron chi connectivity index (χ0n) is 15.7. The summed E-state index contributed by atoms with van der Waals surface area (Å²) in [5.41, 5.74) is 1.94. The van der Waals surface area contributed by atoms with E-state index in [0.29, 0.717) is 12.0 Å². The van der Waals surface area contributed by atoms with Crippen LogP contribution in [0.1, 0.15) is 47.5 Å². The molecule has 5 heteroatoms. The van der Waals surface area contributed by atoms with Gasteiger partial charge in [0.1, 0.15) is 17.7 Å². The number of thioether (sulfide) groups is 1. The lowest BCUT2D eigenvalue weighted by Gasteiger charge is -2.39. The summed E-state index contributed by atoms with van der Waals surface area (Å²) >= 11 is 1.89. The second-order valence-electron chi connectivity index (χ2n) is 8.12. The van der Waals surface area contributed by atoms with E-state index in [1.54, 1.807) is 12.1 Å². The van der Waals surface area contributed by atoms with Gasteiger partial charge in [-0.2, -0.15) is 11.8 Å². The minimum atomic E-state index is -0.192. The number of amides is 1. The average molecular weight is 398 g/mol. The fourth-order valence-corrected chi connectivity index (χ4v) is 5.38. The van der Waals surface area contributed by atoms with E-state index in [-0.39, 0.29) is 23.8 Å². The van der Waals surface area contributed by atoms with Gasteiger partial charge in [-0.3, -0.25) is 4.79 Å². The first-order valence-electron chi connectivity index (χ1n) is 10.1. The number of carbonyl (C=O) groups is 1. The quantitative estimate of drug-likeness (QED) is 0.737. The fraction of sp³-hybridized carbons (Fsp3) is 0.435. The molecule has 2 atom stereocenters. The van der Waals surface area contributed by atoms with Crippen molar-refractivity contribution in [1.29, 1.82) is 0 Å². The first-order valence-corrected chi connectivity index (χ1v) is 11.3. The molecule has 0 aromatic heterocycles. The largest absolute Gasteiger partial charge is 0.489 e. The molecule has 146 valence electrons. The van der Waals surface area contributed by atoms with Crippen LogP contribution in [0.25, 0.3) is 0 Å². The van der Waals surface area contributed by atoms with Gasteiger partial charge in [0, 0.05) is 29.2 Å². The van der Waals surface area contributed by atoms with Crippen LogP contribution in [-0.2, 0) is 0 Å². The Hall–Kier alpha value is -2.01. The molecule has 0 saturated carbocycles. The molecular weight excluding hydrogens is 373 g/mol. The van der Waals surface area contributed by atoms with E-state index in [2.05, 4.69) is 4.90 Å². The summed E-state index contributed by atoms with van der Waals surface area (Å²) < 4.78 is 19.1. The number of ether oxygens (including phenoxy) is 1. The molecule has 3 heterocycles. The zero-order valence-corrected chi connectivity index (χ0v) is 16.5. The van der Waals surface area contributed by atoms with Gasteiger partial charge in [-0.15, -0.1) is 0 Å². The predicted octanol–water partition coefficient (Wildman–Crippen LogP) is 4.87. The van der Waals surface area contributed by atoms with Gasteiger partial charge in [-0.25, -0.2) is 4.39 Å². The molecular formula is C23H24FNO2S. The summed E-state index contributed by atoms with van der Waals surface area (Å²) in [6.07, 6.45) is 4.37. The summed E-state index contributed by atoms with van der Waals surface area (Å²) in [6.45, 7) is 0. The summed E-state index contributed by atoms with van der Waals surface area (Å²) in [6, 6.07) is 15.1. The van der Waals surface area contributed by atoms with E-state index in [9.17, 15) is 9.18 Å². The van der Waals surface area contributed by atoms with Gasteiger partial charge in [-0.05, 0) is 73.6 Å². The van der Waals surface area contributed by atoms with Gasteiger partial charge in [0.2, 0.25) is 0 Å². The molecule has 3 fully saturated rings. The number of rotatable bonds is 4. The van der Waals surface area contributed by atoms with Gasteiger partial charge >= 0.3 is 0 Å². The van der Waals surface area contributed by atoms with E-state index in [4.69, 9.17) is 4.74 Å². The molecule has 3 saturated heterocycles. The SMILES string of the molecule is O=C(c1ccc(OC2CSC2)cc1)N1C2CCC1CC(c1ccc(F)cc1)C2. The molecule has 28 heavy (non-hydrogen) atoms. The minimum absolute atomic E-state index is 0.135. The van der Waals surface area contributed by atoms with Crippen molar-refractivity contribution in [2.75, 3.05) is 11.5 Å². The highest BCUT2D eigenvalue weighted by Crippen LogP contribution is 2.43. The first kappa shape index (κ1) is 18.0. The highest BCUT2D eigenvalue weighted by atomic mass is 32.2. The summed E-state index contributed by atoms with van der Waals surface area (Å²) in [7, 11) is 0. The Morgan fingerprint density at radius 3 is 2.18 bits per heavy atom. The Labute approximate surface area is 169 Å². The highest BCUT2D eigenvalue weighted by molar-refractivity contribution is 8.00. The van der Waals surface area contributed by atoms with Gasteiger partial charge in [-0.1, -0.05) is 12.1 Å². The van der Waals surface area contributed by atoms with Crippen molar-refractivity contribution in [3.05, 3.63) is 65.5 Å². The van der Waals surface area contributed by atoms with Gasteiger partial charge < -0.3 is 9.64 Å². The van der Waals surface area contributed by atoms with Crippen LogP contribution in [-0.4, -0.2) is 40.5 Å². The lowest BCUT2D eigenvalue weighted by Crippen LogP contribution is -2.46.